The number of ether oxygens (including phenoxy) is 2. The summed E-state index contributed by atoms with van der Waals surface area (Å²) in [7, 11) is 0. The molecule has 0 heterocycles. The van der Waals surface area contributed by atoms with Crippen LogP contribution in [0.2, 0.25) is 0 Å². The number of rotatable bonds is 8. The van der Waals surface area contributed by atoms with E-state index in [0.29, 0.717) is 5.56 Å². The van der Waals surface area contributed by atoms with Gasteiger partial charge in [-0.1, -0.05) is 61.4 Å². The predicted octanol–water partition coefficient (Wildman–Crippen LogP) is 7.80. The molecule has 0 bridgehead atoms. The summed E-state index contributed by atoms with van der Waals surface area (Å²) in [5.41, 5.74) is 1.97. The monoisotopic (exact) mass is 465 g/mol. The lowest BCUT2D eigenvalue weighted by molar-refractivity contribution is 0.112. The third kappa shape index (κ3) is 8.13. The molecule has 178 valence electrons. The Balaban J connectivity index is 0.000000172. The maximum Gasteiger partial charge on any atom is 0.150 e. The molecule has 0 spiro atoms. The van der Waals surface area contributed by atoms with Crippen LogP contribution in [-0.4, -0.2) is 12.3 Å². The molecule has 0 aliphatic heterocycles. The molecule has 1 fully saturated rings. The second kappa shape index (κ2) is 13.1. The summed E-state index contributed by atoms with van der Waals surface area (Å²) in [6.07, 6.45) is 6.22. The Kier molecular flexibility index (Phi) is 9.08. The highest BCUT2D eigenvalue weighted by Crippen LogP contribution is 2.22. The maximum absolute atomic E-state index is 10.4. The quantitative estimate of drug-likeness (QED) is 0.270. The smallest absolute Gasteiger partial charge is 0.150 e. The first kappa shape index (κ1) is 24.2. The highest BCUT2D eigenvalue weighted by molar-refractivity contribution is 5.74. The van der Waals surface area contributed by atoms with Crippen molar-refractivity contribution in [3.63, 3.8) is 0 Å². The summed E-state index contributed by atoms with van der Waals surface area (Å²) in [5.74, 6) is 3.29. The van der Waals surface area contributed by atoms with Crippen LogP contribution in [0.3, 0.4) is 0 Å². The molecule has 4 aromatic rings. The molecule has 1 N–H and O–H groups in total. The van der Waals surface area contributed by atoms with E-state index in [-0.39, 0.29) is 0 Å². The molecule has 0 saturated heterocycles. The summed E-state index contributed by atoms with van der Waals surface area (Å²) < 4.78 is 11.4. The molecule has 0 atom stereocenters. The Morgan fingerprint density at radius 2 is 1.09 bits per heavy atom. The van der Waals surface area contributed by atoms with Crippen molar-refractivity contribution < 1.29 is 14.3 Å². The van der Waals surface area contributed by atoms with E-state index in [9.17, 15) is 4.79 Å². The minimum absolute atomic E-state index is 0.649. The van der Waals surface area contributed by atoms with Crippen molar-refractivity contribution in [3.8, 4) is 23.0 Å². The molecule has 0 radical (unpaired) electrons. The van der Waals surface area contributed by atoms with Crippen LogP contribution in [0.5, 0.6) is 23.0 Å². The highest BCUT2D eigenvalue weighted by Gasteiger charge is 2.13. The van der Waals surface area contributed by atoms with E-state index in [1.165, 1.54) is 31.2 Å². The van der Waals surface area contributed by atoms with Gasteiger partial charge in [0.15, 0.2) is 0 Å². The van der Waals surface area contributed by atoms with E-state index in [0.717, 1.165) is 41.9 Å². The van der Waals surface area contributed by atoms with Crippen LogP contribution >= 0.6 is 0 Å². The van der Waals surface area contributed by atoms with E-state index in [2.05, 4.69) is 17.4 Å². The van der Waals surface area contributed by atoms with Crippen LogP contribution in [0.1, 0.15) is 41.6 Å². The van der Waals surface area contributed by atoms with Gasteiger partial charge in [-0.2, -0.15) is 0 Å². The third-order valence-corrected chi connectivity index (χ3v) is 5.85. The minimum Gasteiger partial charge on any atom is -0.457 e. The first-order valence-corrected chi connectivity index (χ1v) is 12.1. The number of nitrogens with one attached hydrogen (secondary N) is 1. The fraction of sp³-hybridized carbons (Fsp3) is 0.194. The lowest BCUT2D eigenvalue weighted by Gasteiger charge is -2.12. The molecule has 1 saturated carbocycles. The van der Waals surface area contributed by atoms with E-state index >= 15 is 0 Å². The molecular weight excluding hydrogens is 434 g/mol. The van der Waals surface area contributed by atoms with Crippen LogP contribution in [0.4, 0.5) is 0 Å². The lowest BCUT2D eigenvalue weighted by atomic mass is 10.2. The van der Waals surface area contributed by atoms with Crippen molar-refractivity contribution in [2.24, 2.45) is 0 Å². The highest BCUT2D eigenvalue weighted by atomic mass is 16.5. The van der Waals surface area contributed by atoms with Crippen molar-refractivity contribution in [2.45, 2.75) is 38.3 Å². The SMILES string of the molecule is O=Cc1ccc(Oc2ccccc2)cc1.c1ccc(Oc2ccc(CNC3CCCC3)cc2)cc1. The van der Waals surface area contributed by atoms with E-state index in [1.807, 2.05) is 72.8 Å². The van der Waals surface area contributed by atoms with Gasteiger partial charge >= 0.3 is 0 Å². The van der Waals surface area contributed by atoms with Gasteiger partial charge in [0.25, 0.3) is 0 Å². The largest absolute Gasteiger partial charge is 0.457 e. The number of hydrogen-bond acceptors (Lipinski definition) is 4. The van der Waals surface area contributed by atoms with Crippen LogP contribution < -0.4 is 14.8 Å². The van der Waals surface area contributed by atoms with Gasteiger partial charge in [0.2, 0.25) is 0 Å². The summed E-state index contributed by atoms with van der Waals surface area (Å²) in [6.45, 7) is 0.955. The molecule has 1 aliphatic rings. The fourth-order valence-electron chi connectivity index (χ4n) is 3.93. The van der Waals surface area contributed by atoms with Crippen molar-refractivity contribution in [2.75, 3.05) is 0 Å². The Morgan fingerprint density at radius 3 is 1.57 bits per heavy atom. The van der Waals surface area contributed by atoms with E-state index < -0.39 is 0 Å². The van der Waals surface area contributed by atoms with Crippen LogP contribution in [0, 0.1) is 0 Å². The number of para-hydroxylation sites is 2. The first-order valence-electron chi connectivity index (χ1n) is 12.1. The summed E-state index contributed by atoms with van der Waals surface area (Å²) in [6, 6.07) is 35.5. The van der Waals surface area contributed by atoms with Crippen LogP contribution in [0.15, 0.2) is 109 Å². The summed E-state index contributed by atoms with van der Waals surface area (Å²) in [5, 5.41) is 3.63. The van der Waals surface area contributed by atoms with Crippen LogP contribution in [0.25, 0.3) is 0 Å². The van der Waals surface area contributed by atoms with Gasteiger partial charge < -0.3 is 14.8 Å². The number of carbonyl (C=O) groups is 1. The van der Waals surface area contributed by atoms with E-state index in [1.54, 1.807) is 24.3 Å². The molecule has 5 rings (SSSR count). The Morgan fingerprint density at radius 1 is 0.629 bits per heavy atom. The Labute approximate surface area is 207 Å². The van der Waals surface area contributed by atoms with Gasteiger partial charge in [-0.3, -0.25) is 4.79 Å². The van der Waals surface area contributed by atoms with Gasteiger partial charge in [0.1, 0.15) is 29.3 Å². The van der Waals surface area contributed by atoms with Crippen LogP contribution in [-0.2, 0) is 6.54 Å². The number of hydrogen-bond donors (Lipinski definition) is 1. The maximum atomic E-state index is 10.4. The van der Waals surface area contributed by atoms with Crippen molar-refractivity contribution >= 4 is 6.29 Å². The third-order valence-electron chi connectivity index (χ3n) is 5.85. The lowest BCUT2D eigenvalue weighted by Crippen LogP contribution is -2.25. The molecule has 4 aromatic carbocycles. The predicted molar refractivity (Wildman–Crippen MR) is 140 cm³/mol. The zero-order valence-electron chi connectivity index (χ0n) is 19.8. The van der Waals surface area contributed by atoms with Gasteiger partial charge in [0, 0.05) is 18.2 Å². The Bertz CT molecular complexity index is 1140. The standard InChI is InChI=1S/C18H21NO.C13H10O2/c1-2-8-17(9-3-1)20-18-12-10-15(11-13-18)14-19-16-6-4-5-7-16;14-10-11-6-8-13(9-7-11)15-12-4-2-1-3-5-12/h1-3,8-13,16,19H,4-7,14H2;1-10H. The average molecular weight is 466 g/mol. The molecule has 4 heteroatoms. The van der Waals surface area contributed by atoms with Crippen molar-refractivity contribution in [3.05, 3.63) is 120 Å². The number of aldehydes is 1. The minimum atomic E-state index is 0.649. The number of benzene rings is 4. The summed E-state index contributed by atoms with van der Waals surface area (Å²) >= 11 is 0. The van der Waals surface area contributed by atoms with Gasteiger partial charge in [0.05, 0.1) is 0 Å². The molecule has 1 aliphatic carbocycles. The topological polar surface area (TPSA) is 47.6 Å². The second-order valence-corrected chi connectivity index (χ2v) is 8.52. The normalized spacial score (nSPS) is 12.9. The second-order valence-electron chi connectivity index (χ2n) is 8.52. The van der Waals surface area contributed by atoms with Crippen molar-refractivity contribution in [1.82, 2.24) is 5.32 Å². The van der Waals surface area contributed by atoms with Gasteiger partial charge in [-0.15, -0.1) is 0 Å². The number of carbonyl (C=O) groups excluding carboxylic acids is 1. The Hall–Kier alpha value is -3.89. The van der Waals surface area contributed by atoms with Gasteiger partial charge in [-0.05, 0) is 79.1 Å². The zero-order chi connectivity index (χ0) is 24.1. The molecular formula is C31H31NO3. The fourth-order valence-corrected chi connectivity index (χ4v) is 3.93. The zero-order valence-corrected chi connectivity index (χ0v) is 19.8. The molecule has 0 unspecified atom stereocenters. The van der Waals surface area contributed by atoms with Crippen molar-refractivity contribution in [1.29, 1.82) is 0 Å². The molecule has 4 nitrogen and oxygen atoms in total. The van der Waals surface area contributed by atoms with Gasteiger partial charge in [-0.25, -0.2) is 0 Å². The molecule has 0 aromatic heterocycles. The van der Waals surface area contributed by atoms with E-state index in [4.69, 9.17) is 9.47 Å². The first-order chi connectivity index (χ1) is 17.3. The average Bonchev–Trinajstić information content (AvgIpc) is 3.44. The summed E-state index contributed by atoms with van der Waals surface area (Å²) in [4.78, 5) is 10.4. The molecule has 0 amide bonds. The molecule has 35 heavy (non-hydrogen) atoms.